The van der Waals surface area contributed by atoms with E-state index in [0.717, 1.165) is 31.2 Å². The number of benzene rings is 1. The molecule has 1 aromatic rings. The first kappa shape index (κ1) is 22.4. The summed E-state index contributed by atoms with van der Waals surface area (Å²) in [6, 6.07) is 5.17. The number of amides is 1. The van der Waals surface area contributed by atoms with E-state index in [4.69, 9.17) is 14.2 Å². The smallest absolute Gasteiger partial charge is 0.339 e. The van der Waals surface area contributed by atoms with E-state index in [1.807, 2.05) is 19.1 Å². The van der Waals surface area contributed by atoms with E-state index in [1.54, 1.807) is 25.2 Å². The van der Waals surface area contributed by atoms with Gasteiger partial charge in [0.2, 0.25) is 5.91 Å². The first-order valence-corrected chi connectivity index (χ1v) is 9.92. The van der Waals surface area contributed by atoms with Crippen LogP contribution < -0.4 is 4.90 Å². The predicted molar refractivity (Wildman–Crippen MR) is 109 cm³/mol. The highest BCUT2D eigenvalue weighted by Crippen LogP contribution is 2.33. The summed E-state index contributed by atoms with van der Waals surface area (Å²) in [5.74, 6) is 0.165. The van der Waals surface area contributed by atoms with Crippen molar-refractivity contribution < 1.29 is 23.8 Å². The van der Waals surface area contributed by atoms with Crippen LogP contribution in [-0.4, -0.2) is 52.5 Å². The molecule has 0 saturated heterocycles. The maximum atomic E-state index is 13.6. The van der Waals surface area contributed by atoms with E-state index >= 15 is 0 Å². The van der Waals surface area contributed by atoms with Crippen molar-refractivity contribution >= 4 is 17.6 Å². The molecular formula is C22H33NO5. The first-order valence-electron chi connectivity index (χ1n) is 9.92. The first-order chi connectivity index (χ1) is 13.4. The molecule has 0 unspecified atom stereocenters. The Bertz CT molecular complexity index is 661. The van der Waals surface area contributed by atoms with Crippen molar-refractivity contribution in [3.05, 3.63) is 29.3 Å². The number of rotatable bonds is 8. The molecule has 1 saturated carbocycles. The normalized spacial score (nSPS) is 19.5. The number of methoxy groups -OCH3 is 3. The molecule has 0 N–H and O–H groups in total. The zero-order valence-corrected chi connectivity index (χ0v) is 17.7. The third-order valence-corrected chi connectivity index (χ3v) is 5.50. The van der Waals surface area contributed by atoms with Gasteiger partial charge in [0.25, 0.3) is 0 Å². The van der Waals surface area contributed by atoms with E-state index in [0.29, 0.717) is 30.4 Å². The van der Waals surface area contributed by atoms with Gasteiger partial charge in [0.15, 0.2) is 0 Å². The van der Waals surface area contributed by atoms with Crippen LogP contribution in [0.25, 0.3) is 0 Å². The van der Waals surface area contributed by atoms with Crippen molar-refractivity contribution in [2.24, 2.45) is 11.8 Å². The fraction of sp³-hybridized carbons (Fsp3) is 0.636. The average Bonchev–Trinajstić information content (AvgIpc) is 2.69. The molecule has 1 amide bonds. The molecule has 0 atom stereocenters. The Kier molecular flexibility index (Phi) is 8.45. The van der Waals surface area contributed by atoms with E-state index in [9.17, 15) is 9.59 Å². The molecule has 0 spiro atoms. The maximum Gasteiger partial charge on any atom is 0.339 e. The van der Waals surface area contributed by atoms with Crippen molar-refractivity contribution in [3.63, 3.8) is 0 Å². The largest absolute Gasteiger partial charge is 0.465 e. The van der Waals surface area contributed by atoms with Gasteiger partial charge in [0, 0.05) is 20.1 Å². The van der Waals surface area contributed by atoms with Crippen LogP contribution in [-0.2, 0) is 19.0 Å². The molecule has 28 heavy (non-hydrogen) atoms. The summed E-state index contributed by atoms with van der Waals surface area (Å²) >= 11 is 0. The molecular weight excluding hydrogens is 358 g/mol. The fourth-order valence-corrected chi connectivity index (χ4v) is 3.91. The second-order valence-corrected chi connectivity index (χ2v) is 7.74. The average molecular weight is 392 g/mol. The minimum atomic E-state index is -0.456. The van der Waals surface area contributed by atoms with Crippen LogP contribution in [0.5, 0.6) is 0 Å². The van der Waals surface area contributed by atoms with Gasteiger partial charge in [-0.25, -0.2) is 4.79 Å². The third-order valence-electron chi connectivity index (χ3n) is 5.50. The molecule has 156 valence electrons. The third kappa shape index (κ3) is 5.32. The standard InChI is InChI=1S/C22H33NO5/c1-15-6-9-17(10-7-15)21(24)23(18(13-26-3)14-27-4)20-11-8-16(2)12-19(20)22(25)28-5/h8,11-12,15,17-18H,6-7,9-10,13-14H2,1-5H3. The molecule has 1 aliphatic carbocycles. The highest BCUT2D eigenvalue weighted by atomic mass is 16.5. The van der Waals surface area contributed by atoms with Crippen LogP contribution in [0.2, 0.25) is 0 Å². The topological polar surface area (TPSA) is 65.1 Å². The molecule has 0 bridgehead atoms. The lowest BCUT2D eigenvalue weighted by Gasteiger charge is -2.36. The van der Waals surface area contributed by atoms with Crippen molar-refractivity contribution in [2.75, 3.05) is 39.4 Å². The zero-order valence-electron chi connectivity index (χ0n) is 17.7. The second-order valence-electron chi connectivity index (χ2n) is 7.74. The molecule has 1 aromatic carbocycles. The monoisotopic (exact) mass is 391 g/mol. The lowest BCUT2D eigenvalue weighted by molar-refractivity contribution is -0.124. The molecule has 0 heterocycles. The summed E-state index contributed by atoms with van der Waals surface area (Å²) < 4.78 is 15.7. The van der Waals surface area contributed by atoms with Gasteiger partial charge in [0.1, 0.15) is 0 Å². The van der Waals surface area contributed by atoms with Gasteiger partial charge < -0.3 is 19.1 Å². The van der Waals surface area contributed by atoms with E-state index < -0.39 is 5.97 Å². The highest BCUT2D eigenvalue weighted by Gasteiger charge is 2.35. The second kappa shape index (κ2) is 10.6. The maximum absolute atomic E-state index is 13.6. The SMILES string of the molecule is COCC(COC)N(C(=O)C1CCC(C)CC1)c1ccc(C)cc1C(=O)OC. The highest BCUT2D eigenvalue weighted by molar-refractivity contribution is 6.03. The number of nitrogens with zero attached hydrogens (tertiary/aromatic N) is 1. The Labute approximate surface area is 168 Å². The van der Waals surface area contributed by atoms with Gasteiger partial charge >= 0.3 is 5.97 Å². The van der Waals surface area contributed by atoms with Gasteiger partial charge in [0.05, 0.1) is 37.6 Å². The number of carbonyl (C=O) groups excluding carboxylic acids is 2. The minimum absolute atomic E-state index is 0.0278. The van der Waals surface area contributed by atoms with Crippen LogP contribution in [0.4, 0.5) is 5.69 Å². The summed E-state index contributed by atoms with van der Waals surface area (Å²) in [7, 11) is 4.55. The summed E-state index contributed by atoms with van der Waals surface area (Å²) in [4.78, 5) is 27.8. The molecule has 0 aliphatic heterocycles. The van der Waals surface area contributed by atoms with Crippen LogP contribution >= 0.6 is 0 Å². The van der Waals surface area contributed by atoms with E-state index in [-0.39, 0.29) is 17.9 Å². The predicted octanol–water partition coefficient (Wildman–Crippen LogP) is 3.60. The number of hydrogen-bond acceptors (Lipinski definition) is 5. The number of aryl methyl sites for hydroxylation is 1. The van der Waals surface area contributed by atoms with Crippen molar-refractivity contribution in [3.8, 4) is 0 Å². The molecule has 1 fully saturated rings. The Morgan fingerprint density at radius 1 is 1.07 bits per heavy atom. The Morgan fingerprint density at radius 2 is 1.68 bits per heavy atom. The van der Waals surface area contributed by atoms with Crippen molar-refractivity contribution in [1.29, 1.82) is 0 Å². The van der Waals surface area contributed by atoms with Gasteiger partial charge in [-0.2, -0.15) is 0 Å². The van der Waals surface area contributed by atoms with Crippen molar-refractivity contribution in [2.45, 2.75) is 45.6 Å². The number of hydrogen-bond donors (Lipinski definition) is 0. The van der Waals surface area contributed by atoms with E-state index in [1.165, 1.54) is 7.11 Å². The Hall–Kier alpha value is -1.92. The van der Waals surface area contributed by atoms with Crippen LogP contribution in [0.1, 0.15) is 48.5 Å². The van der Waals surface area contributed by atoms with E-state index in [2.05, 4.69) is 6.92 Å². The summed E-state index contributed by atoms with van der Waals surface area (Å²) in [6.45, 7) is 4.77. The number of ether oxygens (including phenoxy) is 3. The van der Waals surface area contributed by atoms with Crippen molar-refractivity contribution in [1.82, 2.24) is 0 Å². The zero-order chi connectivity index (χ0) is 20.7. The lowest BCUT2D eigenvalue weighted by Crippen LogP contribution is -2.49. The van der Waals surface area contributed by atoms with Crippen LogP contribution in [0.15, 0.2) is 18.2 Å². The van der Waals surface area contributed by atoms with Gasteiger partial charge in [-0.05, 0) is 50.7 Å². The van der Waals surface area contributed by atoms with Crippen LogP contribution in [0.3, 0.4) is 0 Å². The summed E-state index contributed by atoms with van der Waals surface area (Å²) in [5.41, 5.74) is 1.87. The summed E-state index contributed by atoms with van der Waals surface area (Å²) in [6.07, 6.45) is 3.81. The molecule has 0 aromatic heterocycles. The molecule has 2 rings (SSSR count). The van der Waals surface area contributed by atoms with Gasteiger partial charge in [-0.1, -0.05) is 18.6 Å². The number of esters is 1. The van der Waals surface area contributed by atoms with Gasteiger partial charge in [-0.3, -0.25) is 4.79 Å². The Morgan fingerprint density at radius 3 is 2.21 bits per heavy atom. The summed E-state index contributed by atoms with van der Waals surface area (Å²) in [5, 5.41) is 0. The molecule has 6 heteroatoms. The quantitative estimate of drug-likeness (QED) is 0.634. The number of anilines is 1. The Balaban J connectivity index is 2.49. The van der Waals surface area contributed by atoms with Gasteiger partial charge in [-0.15, -0.1) is 0 Å². The fourth-order valence-electron chi connectivity index (χ4n) is 3.91. The molecule has 0 radical (unpaired) electrons. The number of carbonyl (C=O) groups is 2. The lowest BCUT2D eigenvalue weighted by atomic mass is 9.82. The minimum Gasteiger partial charge on any atom is -0.465 e. The molecule has 6 nitrogen and oxygen atoms in total. The van der Waals surface area contributed by atoms with Crippen LogP contribution in [0, 0.1) is 18.8 Å². The molecule has 1 aliphatic rings.